The van der Waals surface area contributed by atoms with E-state index in [-0.39, 0.29) is 0 Å². The summed E-state index contributed by atoms with van der Waals surface area (Å²) in [6.45, 7) is 8.16. The Balaban J connectivity index is 3.00. The van der Waals surface area contributed by atoms with E-state index >= 15 is 0 Å². The SMILES string of the molecule is Cc1nc(C)n2cnc(C)c2c1C. The quantitative estimate of drug-likeness (QED) is 0.612. The molecule has 13 heavy (non-hydrogen) atoms. The molecule has 2 aromatic rings. The second kappa shape index (κ2) is 2.55. The zero-order chi connectivity index (χ0) is 9.59. The van der Waals surface area contributed by atoms with Crippen molar-refractivity contribution in [3.8, 4) is 0 Å². The van der Waals surface area contributed by atoms with Crippen LogP contribution in [0.5, 0.6) is 0 Å². The number of fused-ring (bicyclic) bond motifs is 1. The highest BCUT2D eigenvalue weighted by Crippen LogP contribution is 2.17. The summed E-state index contributed by atoms with van der Waals surface area (Å²) >= 11 is 0. The van der Waals surface area contributed by atoms with Gasteiger partial charge in [0.1, 0.15) is 12.2 Å². The van der Waals surface area contributed by atoms with Crippen LogP contribution in [-0.4, -0.2) is 14.4 Å². The molecule has 0 saturated heterocycles. The number of aryl methyl sites for hydroxylation is 4. The summed E-state index contributed by atoms with van der Waals surface area (Å²) in [6, 6.07) is 0. The first-order chi connectivity index (χ1) is 6.11. The Kier molecular flexibility index (Phi) is 1.62. The van der Waals surface area contributed by atoms with E-state index in [1.807, 2.05) is 31.5 Å². The van der Waals surface area contributed by atoms with Gasteiger partial charge in [-0.3, -0.25) is 4.40 Å². The zero-order valence-corrected chi connectivity index (χ0v) is 8.42. The van der Waals surface area contributed by atoms with E-state index < -0.39 is 0 Å². The Labute approximate surface area is 77.4 Å². The molecule has 0 aliphatic heterocycles. The monoisotopic (exact) mass is 175 g/mol. The second-order valence-electron chi connectivity index (χ2n) is 3.42. The van der Waals surface area contributed by atoms with Gasteiger partial charge in [-0.15, -0.1) is 0 Å². The van der Waals surface area contributed by atoms with Gasteiger partial charge in [0.25, 0.3) is 0 Å². The highest BCUT2D eigenvalue weighted by Gasteiger charge is 2.08. The lowest BCUT2D eigenvalue weighted by Gasteiger charge is -2.06. The lowest BCUT2D eigenvalue weighted by Crippen LogP contribution is -1.99. The Morgan fingerprint density at radius 2 is 1.77 bits per heavy atom. The molecular formula is C10H13N3. The van der Waals surface area contributed by atoms with Crippen LogP contribution >= 0.6 is 0 Å². The molecule has 0 fully saturated rings. The topological polar surface area (TPSA) is 30.2 Å². The van der Waals surface area contributed by atoms with Crippen molar-refractivity contribution >= 4 is 5.52 Å². The fourth-order valence-electron chi connectivity index (χ4n) is 1.69. The minimum absolute atomic E-state index is 0.999. The fourth-order valence-corrected chi connectivity index (χ4v) is 1.69. The number of rotatable bonds is 0. The maximum atomic E-state index is 4.44. The molecule has 2 rings (SSSR count). The van der Waals surface area contributed by atoms with E-state index in [0.29, 0.717) is 0 Å². The van der Waals surface area contributed by atoms with Gasteiger partial charge in [0.2, 0.25) is 0 Å². The molecule has 0 aromatic carbocycles. The van der Waals surface area contributed by atoms with Crippen LogP contribution in [-0.2, 0) is 0 Å². The number of imidazole rings is 1. The molecule has 0 amide bonds. The average Bonchev–Trinajstić information content (AvgIpc) is 2.44. The normalized spacial score (nSPS) is 11.1. The smallest absolute Gasteiger partial charge is 0.111 e. The average molecular weight is 175 g/mol. The van der Waals surface area contributed by atoms with Crippen molar-refractivity contribution in [2.45, 2.75) is 27.7 Å². The first kappa shape index (κ1) is 8.23. The highest BCUT2D eigenvalue weighted by atomic mass is 15.1. The van der Waals surface area contributed by atoms with Crippen LogP contribution in [0.4, 0.5) is 0 Å². The zero-order valence-electron chi connectivity index (χ0n) is 8.42. The molecule has 0 bridgehead atoms. The maximum absolute atomic E-state index is 4.44. The summed E-state index contributed by atoms with van der Waals surface area (Å²) in [7, 11) is 0. The Hall–Kier alpha value is -1.38. The largest absolute Gasteiger partial charge is 0.287 e. The number of hydrogen-bond donors (Lipinski definition) is 0. The molecular weight excluding hydrogens is 162 g/mol. The number of aromatic nitrogens is 3. The summed E-state index contributed by atoms with van der Waals surface area (Å²) < 4.78 is 2.04. The van der Waals surface area contributed by atoms with Crippen molar-refractivity contribution in [2.24, 2.45) is 0 Å². The second-order valence-corrected chi connectivity index (χ2v) is 3.42. The Bertz CT molecular complexity index is 468. The van der Waals surface area contributed by atoms with Gasteiger partial charge < -0.3 is 0 Å². The molecule has 0 spiro atoms. The molecule has 0 radical (unpaired) electrons. The van der Waals surface area contributed by atoms with Crippen LogP contribution in [0.1, 0.15) is 22.8 Å². The summed E-state index contributed by atoms with van der Waals surface area (Å²) in [5.41, 5.74) is 4.59. The third-order valence-electron chi connectivity index (χ3n) is 2.53. The first-order valence-corrected chi connectivity index (χ1v) is 4.38. The standard InChI is InChI=1S/C10H13N3/c1-6-7(2)12-9(4)13-5-11-8(3)10(6)13/h5H,1-4H3. The van der Waals surface area contributed by atoms with E-state index in [1.54, 1.807) is 0 Å². The first-order valence-electron chi connectivity index (χ1n) is 4.38. The number of nitrogens with zero attached hydrogens (tertiary/aromatic N) is 3. The molecule has 0 aliphatic rings. The van der Waals surface area contributed by atoms with Crippen LogP contribution in [0.3, 0.4) is 0 Å². The van der Waals surface area contributed by atoms with E-state index in [1.165, 1.54) is 11.1 Å². The molecule has 3 heteroatoms. The van der Waals surface area contributed by atoms with Crippen LogP contribution in [0, 0.1) is 27.7 Å². The Morgan fingerprint density at radius 1 is 1.08 bits per heavy atom. The summed E-state index contributed by atoms with van der Waals surface area (Å²) in [6.07, 6.45) is 1.83. The predicted molar refractivity (Wildman–Crippen MR) is 51.9 cm³/mol. The minimum atomic E-state index is 0.999. The Morgan fingerprint density at radius 3 is 2.46 bits per heavy atom. The van der Waals surface area contributed by atoms with Gasteiger partial charge in [0.05, 0.1) is 11.2 Å². The lowest BCUT2D eigenvalue weighted by atomic mass is 10.2. The van der Waals surface area contributed by atoms with Gasteiger partial charge in [-0.25, -0.2) is 9.97 Å². The molecule has 2 aromatic heterocycles. The van der Waals surface area contributed by atoms with Crippen molar-refractivity contribution in [3.05, 3.63) is 29.1 Å². The van der Waals surface area contributed by atoms with Crippen molar-refractivity contribution in [3.63, 3.8) is 0 Å². The van der Waals surface area contributed by atoms with Gasteiger partial charge in [0, 0.05) is 5.69 Å². The van der Waals surface area contributed by atoms with E-state index in [0.717, 1.165) is 17.2 Å². The van der Waals surface area contributed by atoms with Crippen LogP contribution < -0.4 is 0 Å². The molecule has 0 atom stereocenters. The summed E-state index contributed by atoms with van der Waals surface area (Å²) in [5, 5.41) is 0. The van der Waals surface area contributed by atoms with Crippen molar-refractivity contribution < 1.29 is 0 Å². The van der Waals surface area contributed by atoms with Crippen molar-refractivity contribution in [2.75, 3.05) is 0 Å². The molecule has 0 aliphatic carbocycles. The molecule has 2 heterocycles. The number of hydrogen-bond acceptors (Lipinski definition) is 2. The van der Waals surface area contributed by atoms with Crippen molar-refractivity contribution in [1.82, 2.24) is 14.4 Å². The summed E-state index contributed by atoms with van der Waals surface area (Å²) in [4.78, 5) is 8.72. The van der Waals surface area contributed by atoms with Crippen LogP contribution in [0.15, 0.2) is 6.33 Å². The molecule has 0 saturated carbocycles. The van der Waals surface area contributed by atoms with Gasteiger partial charge in [-0.05, 0) is 33.3 Å². The molecule has 0 unspecified atom stereocenters. The third-order valence-corrected chi connectivity index (χ3v) is 2.53. The van der Waals surface area contributed by atoms with Gasteiger partial charge in [-0.2, -0.15) is 0 Å². The highest BCUT2D eigenvalue weighted by molar-refractivity contribution is 5.59. The minimum Gasteiger partial charge on any atom is -0.287 e. The predicted octanol–water partition coefficient (Wildman–Crippen LogP) is 1.96. The van der Waals surface area contributed by atoms with Crippen LogP contribution in [0.25, 0.3) is 5.52 Å². The van der Waals surface area contributed by atoms with Crippen LogP contribution in [0.2, 0.25) is 0 Å². The fraction of sp³-hybridized carbons (Fsp3) is 0.400. The van der Waals surface area contributed by atoms with E-state index in [2.05, 4.69) is 16.9 Å². The van der Waals surface area contributed by atoms with E-state index in [4.69, 9.17) is 0 Å². The summed E-state index contributed by atoms with van der Waals surface area (Å²) in [5.74, 6) is 0.999. The maximum Gasteiger partial charge on any atom is 0.111 e. The third kappa shape index (κ3) is 1.03. The molecule has 0 N–H and O–H groups in total. The molecule has 3 nitrogen and oxygen atoms in total. The van der Waals surface area contributed by atoms with Gasteiger partial charge in [0.15, 0.2) is 0 Å². The molecule has 68 valence electrons. The van der Waals surface area contributed by atoms with Gasteiger partial charge in [-0.1, -0.05) is 0 Å². The lowest BCUT2D eigenvalue weighted by molar-refractivity contribution is 0.942. The van der Waals surface area contributed by atoms with Crippen molar-refractivity contribution in [1.29, 1.82) is 0 Å². The van der Waals surface area contributed by atoms with Gasteiger partial charge >= 0.3 is 0 Å². The van der Waals surface area contributed by atoms with E-state index in [9.17, 15) is 0 Å².